The highest BCUT2D eigenvalue weighted by molar-refractivity contribution is 7.92. The summed E-state index contributed by atoms with van der Waals surface area (Å²) in [6.07, 6.45) is 1.18. The van der Waals surface area contributed by atoms with Gasteiger partial charge in [0.2, 0.25) is 5.95 Å². The van der Waals surface area contributed by atoms with Crippen LogP contribution >= 0.6 is 0 Å². The summed E-state index contributed by atoms with van der Waals surface area (Å²) in [6.45, 7) is -0.0879. The number of carbonyl (C=O) groups is 1. The predicted octanol–water partition coefficient (Wildman–Crippen LogP) is -0.0636. The molecular weight excluding hydrogens is 286 g/mol. The molecule has 0 unspecified atom stereocenters. The van der Waals surface area contributed by atoms with Crippen LogP contribution in [0, 0.1) is 0 Å². The quantitative estimate of drug-likeness (QED) is 0.728. The standard InChI is InChI=1S/C10H9N5O4S/c16-9-4-19-8-2-1-6(3-7(8)13-9)20(17,18)15-10-11-5-12-14-10/h1-3,5H,4H2,(H,13,16)(H2,11,12,14,15). The summed E-state index contributed by atoms with van der Waals surface area (Å²) in [7, 11) is -3.82. The summed E-state index contributed by atoms with van der Waals surface area (Å²) in [5.41, 5.74) is 0.307. The Labute approximate surface area is 113 Å². The molecule has 10 heteroatoms. The molecule has 1 aliphatic heterocycles. The van der Waals surface area contributed by atoms with E-state index in [2.05, 4.69) is 25.2 Å². The van der Waals surface area contributed by atoms with Crippen molar-refractivity contribution < 1.29 is 17.9 Å². The summed E-state index contributed by atoms with van der Waals surface area (Å²) in [5.74, 6) is 0.0847. The number of anilines is 2. The molecular formula is C10H9N5O4S. The van der Waals surface area contributed by atoms with Crippen molar-refractivity contribution in [2.24, 2.45) is 0 Å². The SMILES string of the molecule is O=C1COc2ccc(S(=O)(=O)Nc3ncn[nH]3)cc2N1. The van der Waals surface area contributed by atoms with Crippen LogP contribution in [0.25, 0.3) is 0 Å². The normalized spacial score (nSPS) is 14.1. The Bertz CT molecular complexity index is 756. The zero-order valence-corrected chi connectivity index (χ0v) is 10.8. The highest BCUT2D eigenvalue weighted by Gasteiger charge is 2.21. The number of benzene rings is 1. The molecule has 3 N–H and O–H groups in total. The molecule has 0 bridgehead atoms. The fourth-order valence-corrected chi connectivity index (χ4v) is 2.66. The first-order valence-electron chi connectivity index (χ1n) is 5.49. The second-order valence-corrected chi connectivity index (χ2v) is 5.62. The molecule has 0 saturated carbocycles. The van der Waals surface area contributed by atoms with Crippen molar-refractivity contribution in [2.45, 2.75) is 4.90 Å². The van der Waals surface area contributed by atoms with Crippen LogP contribution in [-0.2, 0) is 14.8 Å². The molecule has 0 fully saturated rings. The van der Waals surface area contributed by atoms with Gasteiger partial charge in [0.15, 0.2) is 6.61 Å². The number of aromatic nitrogens is 3. The number of aromatic amines is 1. The first-order valence-corrected chi connectivity index (χ1v) is 6.98. The van der Waals surface area contributed by atoms with E-state index >= 15 is 0 Å². The van der Waals surface area contributed by atoms with Gasteiger partial charge in [-0.05, 0) is 18.2 Å². The zero-order valence-electron chi connectivity index (χ0n) is 9.95. The number of rotatable bonds is 3. The summed E-state index contributed by atoms with van der Waals surface area (Å²) >= 11 is 0. The first-order chi connectivity index (χ1) is 9.54. The predicted molar refractivity (Wildman–Crippen MR) is 67.8 cm³/mol. The van der Waals surface area contributed by atoms with Gasteiger partial charge in [-0.3, -0.25) is 4.79 Å². The van der Waals surface area contributed by atoms with E-state index in [9.17, 15) is 13.2 Å². The van der Waals surface area contributed by atoms with Crippen molar-refractivity contribution in [3.8, 4) is 5.75 Å². The Morgan fingerprint density at radius 3 is 2.95 bits per heavy atom. The molecule has 20 heavy (non-hydrogen) atoms. The topological polar surface area (TPSA) is 126 Å². The molecule has 0 spiro atoms. The van der Waals surface area contributed by atoms with Gasteiger partial charge in [-0.25, -0.2) is 18.2 Å². The van der Waals surface area contributed by atoms with Crippen molar-refractivity contribution in [1.82, 2.24) is 15.2 Å². The lowest BCUT2D eigenvalue weighted by Gasteiger charge is -2.18. The molecule has 1 aromatic heterocycles. The number of sulfonamides is 1. The number of nitrogens with zero attached hydrogens (tertiary/aromatic N) is 2. The third-order valence-electron chi connectivity index (χ3n) is 2.54. The van der Waals surface area contributed by atoms with Crippen molar-refractivity contribution in [3.63, 3.8) is 0 Å². The third kappa shape index (κ3) is 2.28. The lowest BCUT2D eigenvalue weighted by atomic mass is 10.2. The van der Waals surface area contributed by atoms with E-state index in [0.29, 0.717) is 11.4 Å². The van der Waals surface area contributed by atoms with Crippen molar-refractivity contribution in [2.75, 3.05) is 16.6 Å². The van der Waals surface area contributed by atoms with E-state index in [0.717, 1.165) is 0 Å². The molecule has 1 amide bonds. The van der Waals surface area contributed by atoms with Gasteiger partial charge in [-0.1, -0.05) is 0 Å². The maximum atomic E-state index is 12.1. The van der Waals surface area contributed by atoms with Crippen LogP contribution in [-0.4, -0.2) is 36.1 Å². The van der Waals surface area contributed by atoms with E-state index in [1.165, 1.54) is 24.5 Å². The molecule has 2 aromatic rings. The summed E-state index contributed by atoms with van der Waals surface area (Å²) in [6, 6.07) is 4.16. The van der Waals surface area contributed by atoms with E-state index < -0.39 is 10.0 Å². The van der Waals surface area contributed by atoms with E-state index in [-0.39, 0.29) is 23.4 Å². The number of hydrogen-bond acceptors (Lipinski definition) is 6. The molecule has 104 valence electrons. The van der Waals surface area contributed by atoms with E-state index in [4.69, 9.17) is 4.74 Å². The van der Waals surface area contributed by atoms with Crippen molar-refractivity contribution in [3.05, 3.63) is 24.5 Å². The van der Waals surface area contributed by atoms with Gasteiger partial charge in [0.25, 0.3) is 15.9 Å². The van der Waals surface area contributed by atoms with Crippen LogP contribution in [0.2, 0.25) is 0 Å². The van der Waals surface area contributed by atoms with Gasteiger partial charge >= 0.3 is 0 Å². The number of hydrogen-bond donors (Lipinski definition) is 3. The molecule has 0 radical (unpaired) electrons. The molecule has 1 aromatic carbocycles. The van der Waals surface area contributed by atoms with Crippen molar-refractivity contribution in [1.29, 1.82) is 0 Å². The number of carbonyl (C=O) groups excluding carboxylic acids is 1. The summed E-state index contributed by atoms with van der Waals surface area (Å²) in [5, 5.41) is 8.47. The van der Waals surface area contributed by atoms with Crippen LogP contribution < -0.4 is 14.8 Å². The van der Waals surface area contributed by atoms with Gasteiger partial charge in [-0.15, -0.1) is 0 Å². The number of fused-ring (bicyclic) bond motifs is 1. The van der Waals surface area contributed by atoms with Crippen LogP contribution in [0.1, 0.15) is 0 Å². The highest BCUT2D eigenvalue weighted by atomic mass is 32.2. The Balaban J connectivity index is 1.94. The zero-order chi connectivity index (χ0) is 14.2. The molecule has 9 nitrogen and oxygen atoms in total. The van der Waals surface area contributed by atoms with Crippen molar-refractivity contribution >= 4 is 27.6 Å². The molecule has 0 aliphatic carbocycles. The first kappa shape index (κ1) is 12.4. The second kappa shape index (κ2) is 4.49. The van der Waals surface area contributed by atoms with Crippen LogP contribution in [0.5, 0.6) is 5.75 Å². The second-order valence-electron chi connectivity index (χ2n) is 3.93. The number of H-pyrrole nitrogens is 1. The van der Waals surface area contributed by atoms with E-state index in [1.54, 1.807) is 0 Å². The Morgan fingerprint density at radius 1 is 1.35 bits per heavy atom. The Hall–Kier alpha value is -2.62. The number of ether oxygens (including phenoxy) is 1. The van der Waals surface area contributed by atoms with Gasteiger partial charge < -0.3 is 10.1 Å². The Kier molecular flexibility index (Phi) is 2.79. The lowest BCUT2D eigenvalue weighted by molar-refractivity contribution is -0.118. The fourth-order valence-electron chi connectivity index (χ4n) is 1.67. The summed E-state index contributed by atoms with van der Waals surface area (Å²) in [4.78, 5) is 14.9. The van der Waals surface area contributed by atoms with Crippen LogP contribution in [0.15, 0.2) is 29.4 Å². The maximum absolute atomic E-state index is 12.1. The van der Waals surface area contributed by atoms with E-state index in [1.807, 2.05) is 0 Å². The fraction of sp³-hybridized carbons (Fsp3) is 0.100. The Morgan fingerprint density at radius 2 is 2.20 bits per heavy atom. The maximum Gasteiger partial charge on any atom is 0.264 e. The number of amides is 1. The minimum atomic E-state index is -3.82. The molecule has 2 heterocycles. The highest BCUT2D eigenvalue weighted by Crippen LogP contribution is 2.30. The van der Waals surface area contributed by atoms with Gasteiger partial charge in [0, 0.05) is 0 Å². The van der Waals surface area contributed by atoms with Gasteiger partial charge in [-0.2, -0.15) is 10.1 Å². The minimum Gasteiger partial charge on any atom is -0.482 e. The van der Waals surface area contributed by atoms with Crippen LogP contribution in [0.4, 0.5) is 11.6 Å². The molecule has 0 saturated heterocycles. The largest absolute Gasteiger partial charge is 0.482 e. The minimum absolute atomic E-state index is 0.00278. The average Bonchev–Trinajstić information content (AvgIpc) is 2.90. The summed E-state index contributed by atoms with van der Waals surface area (Å²) < 4.78 is 31.6. The number of nitrogens with one attached hydrogen (secondary N) is 3. The van der Waals surface area contributed by atoms with Gasteiger partial charge in [0.05, 0.1) is 10.6 Å². The van der Waals surface area contributed by atoms with Gasteiger partial charge in [0.1, 0.15) is 12.1 Å². The molecule has 1 aliphatic rings. The third-order valence-corrected chi connectivity index (χ3v) is 3.88. The average molecular weight is 295 g/mol. The van der Waals surface area contributed by atoms with Crippen LogP contribution in [0.3, 0.4) is 0 Å². The smallest absolute Gasteiger partial charge is 0.264 e. The molecule has 3 rings (SSSR count). The monoisotopic (exact) mass is 295 g/mol. The molecule has 0 atom stereocenters. The lowest BCUT2D eigenvalue weighted by Crippen LogP contribution is -2.25.